The molecule has 1 aromatic carbocycles. The minimum Gasteiger partial charge on any atom is -0.379 e. The first kappa shape index (κ1) is 22.7. The maximum absolute atomic E-state index is 12.6. The summed E-state index contributed by atoms with van der Waals surface area (Å²) >= 11 is 0. The van der Waals surface area contributed by atoms with Crippen molar-refractivity contribution in [2.45, 2.75) is 24.7 Å². The Bertz CT molecular complexity index is 1110. The Hall–Kier alpha value is -3.00. The molecule has 3 rings (SSSR count). The van der Waals surface area contributed by atoms with Crippen LogP contribution in [0.5, 0.6) is 0 Å². The van der Waals surface area contributed by atoms with Crippen molar-refractivity contribution in [2.24, 2.45) is 12.1 Å². The minimum absolute atomic E-state index is 0.212. The minimum atomic E-state index is -3.52. The van der Waals surface area contributed by atoms with Crippen molar-refractivity contribution in [3.8, 4) is 6.07 Å². The summed E-state index contributed by atoms with van der Waals surface area (Å²) in [5, 5.41) is 13.0. The molecule has 1 aromatic heterocycles. The number of nitrogens with zero attached hydrogens (tertiary/aromatic N) is 4. The fraction of sp³-hybridized carbons (Fsp3) is 0.381. The van der Waals surface area contributed by atoms with Crippen LogP contribution in [0.15, 0.2) is 40.3 Å². The van der Waals surface area contributed by atoms with Crippen molar-refractivity contribution in [2.75, 3.05) is 26.3 Å². The van der Waals surface area contributed by atoms with Crippen LogP contribution in [0.1, 0.15) is 28.9 Å². The highest BCUT2D eigenvalue weighted by molar-refractivity contribution is 7.89. The Morgan fingerprint density at radius 2 is 1.97 bits per heavy atom. The average Bonchev–Trinajstić information content (AvgIpc) is 3.06. The SMILES string of the molecule is Cc1c(C=NNC(=O)CCc2ccc(S(=O)(=O)N3CCOCC3)cc2)cc(C#N)n1C. The highest BCUT2D eigenvalue weighted by Gasteiger charge is 2.26. The number of hydrogen-bond acceptors (Lipinski definition) is 6. The number of sulfonamides is 1. The number of hydrazone groups is 1. The topological polar surface area (TPSA) is 117 Å². The van der Waals surface area contributed by atoms with Crippen molar-refractivity contribution >= 4 is 22.1 Å². The van der Waals surface area contributed by atoms with Crippen LogP contribution in [0.3, 0.4) is 0 Å². The van der Waals surface area contributed by atoms with E-state index in [2.05, 4.69) is 16.6 Å². The molecular formula is C21H25N5O4S. The number of ether oxygens (including phenoxy) is 1. The van der Waals surface area contributed by atoms with Crippen LogP contribution < -0.4 is 5.43 Å². The first-order chi connectivity index (χ1) is 14.8. The van der Waals surface area contributed by atoms with Gasteiger partial charge in [-0.2, -0.15) is 14.7 Å². The maximum Gasteiger partial charge on any atom is 0.243 e. The zero-order valence-corrected chi connectivity index (χ0v) is 18.4. The number of hydrogen-bond donors (Lipinski definition) is 1. The van der Waals surface area contributed by atoms with Gasteiger partial charge in [-0.15, -0.1) is 0 Å². The summed E-state index contributed by atoms with van der Waals surface area (Å²) in [7, 11) is -1.73. The van der Waals surface area contributed by atoms with E-state index >= 15 is 0 Å². The summed E-state index contributed by atoms with van der Waals surface area (Å²) in [6.45, 7) is 3.37. The second-order valence-corrected chi connectivity index (χ2v) is 9.13. The summed E-state index contributed by atoms with van der Waals surface area (Å²) in [4.78, 5) is 12.3. The van der Waals surface area contributed by atoms with Crippen molar-refractivity contribution in [3.05, 3.63) is 52.8 Å². The number of aromatic nitrogens is 1. The van der Waals surface area contributed by atoms with E-state index in [-0.39, 0.29) is 17.2 Å². The number of amides is 1. The third kappa shape index (κ3) is 5.38. The lowest BCUT2D eigenvalue weighted by molar-refractivity contribution is -0.121. The average molecular weight is 444 g/mol. The molecule has 0 bridgehead atoms. The summed E-state index contributed by atoms with van der Waals surface area (Å²) < 4.78 is 33.7. The Labute approximate surface area is 182 Å². The van der Waals surface area contributed by atoms with Crippen LogP contribution in [0, 0.1) is 18.3 Å². The lowest BCUT2D eigenvalue weighted by Gasteiger charge is -2.26. The molecule has 1 aliphatic rings. The molecule has 2 heterocycles. The molecule has 1 N–H and O–H groups in total. The van der Waals surface area contributed by atoms with E-state index in [1.54, 1.807) is 41.9 Å². The number of nitriles is 1. The van der Waals surface area contributed by atoms with Crippen molar-refractivity contribution in [3.63, 3.8) is 0 Å². The standard InChI is InChI=1S/C21H25N5O4S/c1-16-18(13-19(14-22)25(16)2)15-23-24-21(27)8-5-17-3-6-20(7-4-17)31(28,29)26-9-11-30-12-10-26/h3-4,6-7,13,15H,5,8-12H2,1-2H3,(H,24,27). The Kier molecular flexibility index (Phi) is 7.22. The highest BCUT2D eigenvalue weighted by atomic mass is 32.2. The molecule has 2 aromatic rings. The van der Waals surface area contributed by atoms with Gasteiger partial charge >= 0.3 is 0 Å². The first-order valence-electron chi connectivity index (χ1n) is 9.88. The summed E-state index contributed by atoms with van der Waals surface area (Å²) in [6.07, 6.45) is 2.19. The Morgan fingerprint density at radius 3 is 2.58 bits per heavy atom. The molecule has 0 atom stereocenters. The summed E-state index contributed by atoms with van der Waals surface area (Å²) in [6, 6.07) is 10.4. The molecule has 0 saturated carbocycles. The van der Waals surface area contributed by atoms with E-state index in [9.17, 15) is 13.2 Å². The van der Waals surface area contributed by atoms with Gasteiger partial charge in [-0.3, -0.25) is 4.79 Å². The van der Waals surface area contributed by atoms with Gasteiger partial charge in [0.25, 0.3) is 0 Å². The Morgan fingerprint density at radius 1 is 1.29 bits per heavy atom. The molecule has 1 amide bonds. The third-order valence-electron chi connectivity index (χ3n) is 5.25. The molecular weight excluding hydrogens is 418 g/mol. The first-order valence-corrected chi connectivity index (χ1v) is 11.3. The van der Waals surface area contributed by atoms with Gasteiger partial charge in [0.15, 0.2) is 0 Å². The van der Waals surface area contributed by atoms with Gasteiger partial charge in [0.05, 0.1) is 24.3 Å². The maximum atomic E-state index is 12.6. The fourth-order valence-corrected chi connectivity index (χ4v) is 4.62. The van der Waals surface area contributed by atoms with Gasteiger partial charge < -0.3 is 9.30 Å². The molecule has 1 fully saturated rings. The second kappa shape index (κ2) is 9.87. The smallest absolute Gasteiger partial charge is 0.243 e. The van der Waals surface area contributed by atoms with E-state index in [0.717, 1.165) is 16.8 Å². The predicted octanol–water partition coefficient (Wildman–Crippen LogP) is 1.31. The Balaban J connectivity index is 1.52. The number of aryl methyl sites for hydroxylation is 1. The van der Waals surface area contributed by atoms with Gasteiger partial charge in [0.1, 0.15) is 11.8 Å². The number of morpholine rings is 1. The van der Waals surface area contributed by atoms with Gasteiger partial charge in [0.2, 0.25) is 15.9 Å². The van der Waals surface area contributed by atoms with Crippen LogP contribution in [0.4, 0.5) is 0 Å². The lowest BCUT2D eigenvalue weighted by Crippen LogP contribution is -2.40. The van der Waals surface area contributed by atoms with Gasteiger partial charge in [-0.25, -0.2) is 13.8 Å². The van der Waals surface area contributed by atoms with E-state index < -0.39 is 10.0 Å². The normalized spacial score (nSPS) is 15.1. The van der Waals surface area contributed by atoms with E-state index in [1.807, 2.05) is 6.92 Å². The molecule has 1 aliphatic heterocycles. The predicted molar refractivity (Wildman–Crippen MR) is 115 cm³/mol. The fourth-order valence-electron chi connectivity index (χ4n) is 3.21. The number of carbonyl (C=O) groups is 1. The van der Waals surface area contributed by atoms with Gasteiger partial charge in [-0.05, 0) is 37.1 Å². The van der Waals surface area contributed by atoms with E-state index in [0.29, 0.717) is 38.4 Å². The van der Waals surface area contributed by atoms with E-state index in [1.165, 1.54) is 10.5 Å². The summed E-state index contributed by atoms with van der Waals surface area (Å²) in [5.74, 6) is -0.254. The monoisotopic (exact) mass is 443 g/mol. The third-order valence-corrected chi connectivity index (χ3v) is 7.17. The molecule has 31 heavy (non-hydrogen) atoms. The zero-order valence-electron chi connectivity index (χ0n) is 17.5. The van der Waals surface area contributed by atoms with Crippen LogP contribution in [-0.4, -0.2) is 55.7 Å². The van der Waals surface area contributed by atoms with Crippen molar-refractivity contribution in [1.82, 2.24) is 14.3 Å². The van der Waals surface area contributed by atoms with Crippen LogP contribution >= 0.6 is 0 Å². The molecule has 10 heteroatoms. The molecule has 1 saturated heterocycles. The van der Waals surface area contributed by atoms with Gasteiger partial charge in [-0.1, -0.05) is 12.1 Å². The van der Waals surface area contributed by atoms with Crippen molar-refractivity contribution < 1.29 is 17.9 Å². The lowest BCUT2D eigenvalue weighted by atomic mass is 10.1. The van der Waals surface area contributed by atoms with Crippen LogP contribution in [0.25, 0.3) is 0 Å². The quantitative estimate of drug-likeness (QED) is 0.511. The highest BCUT2D eigenvalue weighted by Crippen LogP contribution is 2.18. The van der Waals surface area contributed by atoms with Crippen LogP contribution in [0.2, 0.25) is 0 Å². The molecule has 9 nitrogen and oxygen atoms in total. The number of carbonyl (C=O) groups excluding carboxylic acids is 1. The summed E-state index contributed by atoms with van der Waals surface area (Å²) in [5.41, 5.74) is 5.49. The van der Waals surface area contributed by atoms with Crippen LogP contribution in [-0.2, 0) is 33.0 Å². The van der Waals surface area contributed by atoms with Crippen molar-refractivity contribution in [1.29, 1.82) is 5.26 Å². The van der Waals surface area contributed by atoms with Gasteiger partial charge in [0, 0.05) is 37.8 Å². The molecule has 0 radical (unpaired) electrons. The molecule has 164 valence electrons. The second-order valence-electron chi connectivity index (χ2n) is 7.19. The largest absolute Gasteiger partial charge is 0.379 e. The van der Waals surface area contributed by atoms with E-state index in [4.69, 9.17) is 10.00 Å². The molecule has 0 unspecified atom stereocenters. The zero-order chi connectivity index (χ0) is 22.4. The number of rotatable bonds is 7. The number of benzene rings is 1. The molecule has 0 spiro atoms. The molecule has 0 aliphatic carbocycles. The number of nitrogens with one attached hydrogen (secondary N) is 1.